The Labute approximate surface area is 182 Å². The number of carbonyl (C=O) groups excluding carboxylic acids is 1. The van der Waals surface area contributed by atoms with E-state index in [-0.39, 0.29) is 17.6 Å². The summed E-state index contributed by atoms with van der Waals surface area (Å²) >= 11 is 1.47. The molecule has 0 radical (unpaired) electrons. The van der Waals surface area contributed by atoms with Gasteiger partial charge < -0.3 is 5.32 Å². The Morgan fingerprint density at radius 3 is 2.57 bits per heavy atom. The van der Waals surface area contributed by atoms with Crippen molar-refractivity contribution in [1.29, 1.82) is 0 Å². The smallest absolute Gasteiger partial charge is 0.227 e. The molecule has 1 amide bonds. The summed E-state index contributed by atoms with van der Waals surface area (Å²) < 4.78 is 26.2. The first-order valence-corrected chi connectivity index (χ1v) is 12.7. The van der Waals surface area contributed by atoms with Crippen LogP contribution in [0.1, 0.15) is 38.2 Å². The molecule has 0 unspecified atom stereocenters. The Morgan fingerprint density at radius 1 is 1.23 bits per heavy atom. The average molecular weight is 449 g/mol. The number of hydrogen-bond donors (Lipinski definition) is 1. The summed E-state index contributed by atoms with van der Waals surface area (Å²) in [6, 6.07) is 7.61. The van der Waals surface area contributed by atoms with E-state index < -0.39 is 10.0 Å². The van der Waals surface area contributed by atoms with Crippen molar-refractivity contribution < 1.29 is 13.2 Å². The second-order valence-electron chi connectivity index (χ2n) is 7.44. The number of benzene rings is 1. The third kappa shape index (κ3) is 6.02. The number of hydrogen-bond acceptors (Lipinski definition) is 6. The van der Waals surface area contributed by atoms with Crippen LogP contribution >= 0.6 is 11.8 Å². The highest BCUT2D eigenvalue weighted by Gasteiger charge is 2.30. The van der Waals surface area contributed by atoms with Crippen LogP contribution in [0.2, 0.25) is 0 Å². The fraction of sp³-hybridized carbons (Fsp3) is 0.476. The number of aryl methyl sites for hydroxylation is 1. The average Bonchev–Trinajstić information content (AvgIpc) is 2.75. The van der Waals surface area contributed by atoms with Crippen LogP contribution in [-0.4, -0.2) is 47.4 Å². The van der Waals surface area contributed by atoms with Crippen molar-refractivity contribution >= 4 is 33.4 Å². The van der Waals surface area contributed by atoms with Gasteiger partial charge in [-0.25, -0.2) is 22.7 Å². The van der Waals surface area contributed by atoms with Crippen molar-refractivity contribution in [3.05, 3.63) is 42.2 Å². The van der Waals surface area contributed by atoms with E-state index in [4.69, 9.17) is 0 Å². The highest BCUT2D eigenvalue weighted by atomic mass is 32.2. The SMILES string of the molecule is CCCCS(=O)(=O)N1CCC(C(=O)Nc2ccc(Sc3ncccn3)cc2C)CC1. The Hall–Kier alpha value is -1.97. The number of carbonyl (C=O) groups is 1. The van der Waals surface area contributed by atoms with E-state index >= 15 is 0 Å². The molecule has 0 saturated carbocycles. The van der Waals surface area contributed by atoms with E-state index in [2.05, 4.69) is 15.3 Å². The topological polar surface area (TPSA) is 92.3 Å². The van der Waals surface area contributed by atoms with Gasteiger partial charge in [-0.15, -0.1) is 0 Å². The molecule has 30 heavy (non-hydrogen) atoms. The summed E-state index contributed by atoms with van der Waals surface area (Å²) in [5.41, 5.74) is 1.74. The number of amides is 1. The number of unbranched alkanes of at least 4 members (excludes halogenated alkanes) is 1. The minimum atomic E-state index is -3.20. The monoisotopic (exact) mass is 448 g/mol. The third-order valence-corrected chi connectivity index (χ3v) is 8.02. The van der Waals surface area contributed by atoms with Crippen LogP contribution < -0.4 is 5.32 Å². The summed E-state index contributed by atoms with van der Waals surface area (Å²) in [5.74, 6) is -0.0258. The predicted octanol–water partition coefficient (Wildman–Crippen LogP) is 3.72. The molecule has 7 nitrogen and oxygen atoms in total. The van der Waals surface area contributed by atoms with Gasteiger partial charge in [0.1, 0.15) is 0 Å². The van der Waals surface area contributed by atoms with Crippen LogP contribution in [0, 0.1) is 12.8 Å². The fourth-order valence-corrected chi connectivity index (χ4v) is 5.86. The molecule has 1 aliphatic rings. The largest absolute Gasteiger partial charge is 0.326 e. The summed E-state index contributed by atoms with van der Waals surface area (Å²) in [7, 11) is -3.20. The number of nitrogens with zero attached hydrogens (tertiary/aromatic N) is 3. The number of nitrogens with one attached hydrogen (secondary N) is 1. The summed E-state index contributed by atoms with van der Waals surface area (Å²) in [6.45, 7) is 4.76. The van der Waals surface area contributed by atoms with Crippen molar-refractivity contribution in [2.75, 3.05) is 24.2 Å². The molecule has 2 heterocycles. The van der Waals surface area contributed by atoms with Gasteiger partial charge in [-0.05, 0) is 67.8 Å². The van der Waals surface area contributed by atoms with Crippen LogP contribution in [0.25, 0.3) is 0 Å². The third-order valence-electron chi connectivity index (χ3n) is 5.18. The first-order valence-electron chi connectivity index (χ1n) is 10.2. The second kappa shape index (κ2) is 10.4. The molecular weight excluding hydrogens is 420 g/mol. The lowest BCUT2D eigenvalue weighted by atomic mass is 9.97. The standard InChI is InChI=1S/C21H28N4O3S2/c1-3-4-14-30(27,28)25-12-8-17(9-13-25)20(26)24-19-7-6-18(15-16(19)2)29-21-22-10-5-11-23-21/h5-7,10-11,15,17H,3-4,8-9,12-14H2,1-2H3,(H,24,26). The first-order chi connectivity index (χ1) is 14.4. The minimum Gasteiger partial charge on any atom is -0.326 e. The van der Waals surface area contributed by atoms with Crippen LogP contribution in [0.15, 0.2) is 46.7 Å². The van der Waals surface area contributed by atoms with E-state index in [9.17, 15) is 13.2 Å². The van der Waals surface area contributed by atoms with E-state index in [0.29, 0.717) is 37.5 Å². The maximum atomic E-state index is 12.7. The van der Waals surface area contributed by atoms with E-state index in [0.717, 1.165) is 22.6 Å². The van der Waals surface area contributed by atoms with E-state index in [1.54, 1.807) is 18.5 Å². The molecule has 2 aromatic rings. The van der Waals surface area contributed by atoms with Crippen molar-refractivity contribution in [3.63, 3.8) is 0 Å². The molecule has 0 aliphatic carbocycles. The maximum absolute atomic E-state index is 12.7. The molecule has 3 rings (SSSR count). The highest BCUT2D eigenvalue weighted by molar-refractivity contribution is 7.99. The van der Waals surface area contributed by atoms with Gasteiger partial charge in [0.25, 0.3) is 0 Å². The van der Waals surface area contributed by atoms with Crippen molar-refractivity contribution in [2.45, 2.75) is 49.6 Å². The fourth-order valence-electron chi connectivity index (χ4n) is 3.37. The van der Waals surface area contributed by atoms with Crippen molar-refractivity contribution in [2.24, 2.45) is 5.92 Å². The van der Waals surface area contributed by atoms with Crippen LogP contribution in [0.3, 0.4) is 0 Å². The minimum absolute atomic E-state index is 0.0458. The maximum Gasteiger partial charge on any atom is 0.227 e. The molecule has 1 aliphatic heterocycles. The highest BCUT2D eigenvalue weighted by Crippen LogP contribution is 2.29. The van der Waals surface area contributed by atoms with Gasteiger partial charge in [0, 0.05) is 42.0 Å². The van der Waals surface area contributed by atoms with Gasteiger partial charge in [0.15, 0.2) is 5.16 Å². The number of aromatic nitrogens is 2. The van der Waals surface area contributed by atoms with Gasteiger partial charge in [-0.3, -0.25) is 4.79 Å². The Kier molecular flexibility index (Phi) is 7.85. The van der Waals surface area contributed by atoms with Gasteiger partial charge in [-0.1, -0.05) is 13.3 Å². The lowest BCUT2D eigenvalue weighted by molar-refractivity contribution is -0.120. The number of piperidine rings is 1. The van der Waals surface area contributed by atoms with Gasteiger partial charge in [0.05, 0.1) is 5.75 Å². The number of anilines is 1. The second-order valence-corrected chi connectivity index (χ2v) is 10.6. The molecule has 0 bridgehead atoms. The Morgan fingerprint density at radius 2 is 1.93 bits per heavy atom. The Bertz CT molecular complexity index is 959. The van der Waals surface area contributed by atoms with Gasteiger partial charge >= 0.3 is 0 Å². The van der Waals surface area contributed by atoms with Gasteiger partial charge in [-0.2, -0.15) is 0 Å². The van der Waals surface area contributed by atoms with E-state index in [1.165, 1.54) is 16.1 Å². The molecule has 162 valence electrons. The molecule has 0 atom stereocenters. The van der Waals surface area contributed by atoms with Crippen molar-refractivity contribution in [3.8, 4) is 0 Å². The molecule has 1 N–H and O–H groups in total. The molecule has 0 spiro atoms. The quantitative estimate of drug-likeness (QED) is 0.619. The van der Waals surface area contributed by atoms with Crippen LogP contribution in [-0.2, 0) is 14.8 Å². The van der Waals surface area contributed by atoms with E-state index in [1.807, 2.05) is 32.0 Å². The molecule has 1 aromatic carbocycles. The summed E-state index contributed by atoms with van der Waals surface area (Å²) in [5, 5.41) is 3.69. The number of rotatable bonds is 8. The summed E-state index contributed by atoms with van der Waals surface area (Å²) in [4.78, 5) is 22.1. The zero-order chi connectivity index (χ0) is 21.6. The zero-order valence-electron chi connectivity index (χ0n) is 17.4. The molecule has 9 heteroatoms. The van der Waals surface area contributed by atoms with Gasteiger partial charge in [0.2, 0.25) is 15.9 Å². The lowest BCUT2D eigenvalue weighted by Gasteiger charge is -2.30. The zero-order valence-corrected chi connectivity index (χ0v) is 19.0. The normalized spacial score (nSPS) is 15.8. The Balaban J connectivity index is 1.55. The molecule has 1 aromatic heterocycles. The van der Waals surface area contributed by atoms with Crippen LogP contribution in [0.5, 0.6) is 0 Å². The summed E-state index contributed by atoms with van der Waals surface area (Å²) in [6.07, 6.45) is 6.04. The molecule has 1 fully saturated rings. The molecular formula is C21H28N4O3S2. The molecule has 1 saturated heterocycles. The first kappa shape index (κ1) is 22.7. The number of sulfonamides is 1. The predicted molar refractivity (Wildman–Crippen MR) is 119 cm³/mol. The lowest BCUT2D eigenvalue weighted by Crippen LogP contribution is -2.42. The van der Waals surface area contributed by atoms with Crippen LogP contribution in [0.4, 0.5) is 5.69 Å². The van der Waals surface area contributed by atoms with Crippen molar-refractivity contribution in [1.82, 2.24) is 14.3 Å².